The van der Waals surface area contributed by atoms with Crippen LogP contribution in [0.2, 0.25) is 0 Å². The smallest absolute Gasteiger partial charge is 0.241 e. The topological polar surface area (TPSA) is 101 Å². The Labute approximate surface area is 119 Å². The molecule has 0 aromatic heterocycles. The number of benzene rings is 1. The van der Waals surface area contributed by atoms with Gasteiger partial charge >= 0.3 is 0 Å². The van der Waals surface area contributed by atoms with Gasteiger partial charge in [-0.1, -0.05) is 19.4 Å². The van der Waals surface area contributed by atoms with Crippen molar-refractivity contribution in [2.75, 3.05) is 12.4 Å². The van der Waals surface area contributed by atoms with E-state index in [9.17, 15) is 13.2 Å². The van der Waals surface area contributed by atoms with Crippen molar-refractivity contribution in [1.82, 2.24) is 4.72 Å². The second kappa shape index (κ2) is 6.83. The average Bonchev–Trinajstić information content (AvgIpc) is 2.41. The van der Waals surface area contributed by atoms with Crippen LogP contribution in [0.4, 0.5) is 5.69 Å². The first kappa shape index (κ1) is 16.6. The summed E-state index contributed by atoms with van der Waals surface area (Å²) in [6, 6.07) is 3.97. The highest BCUT2D eigenvalue weighted by atomic mass is 32.2. The molecule has 0 fully saturated rings. The molecule has 112 valence electrons. The summed E-state index contributed by atoms with van der Waals surface area (Å²) in [5, 5.41) is 2.68. The summed E-state index contributed by atoms with van der Waals surface area (Å²) < 4.78 is 25.7. The van der Waals surface area contributed by atoms with Crippen LogP contribution in [0.3, 0.4) is 0 Å². The van der Waals surface area contributed by atoms with Crippen LogP contribution in [0, 0.1) is 6.92 Å². The number of carbonyl (C=O) groups excluding carboxylic acids is 1. The molecule has 0 bridgehead atoms. The highest BCUT2D eigenvalue weighted by Gasteiger charge is 2.16. The first-order valence-electron chi connectivity index (χ1n) is 6.42. The summed E-state index contributed by atoms with van der Waals surface area (Å²) >= 11 is 0. The summed E-state index contributed by atoms with van der Waals surface area (Å²) in [4.78, 5) is 12.0. The minimum atomic E-state index is -3.54. The largest absolute Gasteiger partial charge is 0.324 e. The van der Waals surface area contributed by atoms with E-state index in [1.54, 1.807) is 13.0 Å². The normalized spacial score (nSPS) is 13.0. The Morgan fingerprint density at radius 3 is 2.60 bits per heavy atom. The molecular weight excluding hydrogens is 278 g/mol. The lowest BCUT2D eigenvalue weighted by Crippen LogP contribution is -2.35. The molecule has 0 saturated heterocycles. The van der Waals surface area contributed by atoms with Crippen molar-refractivity contribution in [3.05, 3.63) is 23.8 Å². The zero-order valence-electron chi connectivity index (χ0n) is 11.9. The number of sulfonamides is 1. The van der Waals surface area contributed by atoms with E-state index in [0.29, 0.717) is 12.1 Å². The van der Waals surface area contributed by atoms with Gasteiger partial charge in [0.15, 0.2) is 0 Å². The molecule has 1 atom stereocenters. The van der Waals surface area contributed by atoms with Gasteiger partial charge in [0, 0.05) is 5.69 Å². The molecule has 6 nitrogen and oxygen atoms in total. The monoisotopic (exact) mass is 299 g/mol. The number of nitrogens with one attached hydrogen (secondary N) is 2. The van der Waals surface area contributed by atoms with Crippen LogP contribution >= 0.6 is 0 Å². The van der Waals surface area contributed by atoms with Gasteiger partial charge in [0.25, 0.3) is 0 Å². The molecule has 1 rings (SSSR count). The molecular formula is C13H21N3O3S. The molecule has 0 saturated carbocycles. The van der Waals surface area contributed by atoms with Gasteiger partial charge in [0.1, 0.15) is 0 Å². The van der Waals surface area contributed by atoms with Crippen LogP contribution in [0.25, 0.3) is 0 Å². The minimum absolute atomic E-state index is 0.102. The van der Waals surface area contributed by atoms with E-state index >= 15 is 0 Å². The first-order chi connectivity index (χ1) is 9.31. The van der Waals surface area contributed by atoms with Crippen molar-refractivity contribution in [3.63, 3.8) is 0 Å². The lowest BCUT2D eigenvalue weighted by Gasteiger charge is -2.14. The number of amides is 1. The van der Waals surface area contributed by atoms with Crippen molar-refractivity contribution in [3.8, 4) is 0 Å². The predicted molar refractivity (Wildman–Crippen MR) is 78.9 cm³/mol. The Hall–Kier alpha value is -1.44. The van der Waals surface area contributed by atoms with Gasteiger partial charge in [-0.3, -0.25) is 4.79 Å². The van der Waals surface area contributed by atoms with E-state index < -0.39 is 16.1 Å². The standard InChI is InChI=1S/C13H21N3O3S/c1-4-5-11(14)13(17)16-12-8-10(7-6-9(12)2)20(18,19)15-3/h6-8,11,15H,4-5,14H2,1-3H3,(H,16,17). The minimum Gasteiger partial charge on any atom is -0.324 e. The number of hydrogen-bond donors (Lipinski definition) is 3. The molecule has 1 unspecified atom stereocenters. The number of aryl methyl sites for hydroxylation is 1. The number of carbonyl (C=O) groups is 1. The second-order valence-electron chi connectivity index (χ2n) is 4.57. The highest BCUT2D eigenvalue weighted by Crippen LogP contribution is 2.20. The lowest BCUT2D eigenvalue weighted by molar-refractivity contribution is -0.117. The summed E-state index contributed by atoms with van der Waals surface area (Å²) in [5.41, 5.74) is 6.96. The van der Waals surface area contributed by atoms with E-state index in [-0.39, 0.29) is 10.8 Å². The zero-order valence-corrected chi connectivity index (χ0v) is 12.8. The molecule has 0 spiro atoms. The molecule has 0 aliphatic rings. The predicted octanol–water partition coefficient (Wildman–Crippen LogP) is 0.969. The number of anilines is 1. The van der Waals surface area contributed by atoms with E-state index in [1.165, 1.54) is 19.2 Å². The van der Waals surface area contributed by atoms with Gasteiger partial charge in [-0.15, -0.1) is 0 Å². The SMILES string of the molecule is CCCC(N)C(=O)Nc1cc(S(=O)(=O)NC)ccc1C. The van der Waals surface area contributed by atoms with Crippen LogP contribution in [0.5, 0.6) is 0 Å². The molecule has 1 aromatic rings. The molecule has 0 aliphatic heterocycles. The lowest BCUT2D eigenvalue weighted by atomic mass is 10.1. The third-order valence-corrected chi connectivity index (χ3v) is 4.39. The van der Waals surface area contributed by atoms with Crippen LogP contribution in [-0.2, 0) is 14.8 Å². The van der Waals surface area contributed by atoms with Gasteiger partial charge in [0.2, 0.25) is 15.9 Å². The van der Waals surface area contributed by atoms with E-state index in [0.717, 1.165) is 12.0 Å². The van der Waals surface area contributed by atoms with Crippen molar-refractivity contribution in [2.24, 2.45) is 5.73 Å². The average molecular weight is 299 g/mol. The molecule has 0 aliphatic carbocycles. The van der Waals surface area contributed by atoms with Crippen LogP contribution in [0.1, 0.15) is 25.3 Å². The summed E-state index contributed by atoms with van der Waals surface area (Å²) in [6.45, 7) is 3.73. The molecule has 1 aromatic carbocycles. The summed E-state index contributed by atoms with van der Waals surface area (Å²) in [6.07, 6.45) is 1.39. The summed E-state index contributed by atoms with van der Waals surface area (Å²) in [5.74, 6) is -0.311. The van der Waals surface area contributed by atoms with Gasteiger partial charge in [-0.2, -0.15) is 0 Å². The van der Waals surface area contributed by atoms with Gasteiger partial charge in [0.05, 0.1) is 10.9 Å². The number of hydrogen-bond acceptors (Lipinski definition) is 4. The Morgan fingerprint density at radius 2 is 2.05 bits per heavy atom. The Morgan fingerprint density at radius 1 is 1.40 bits per heavy atom. The Balaban J connectivity index is 3.01. The zero-order chi connectivity index (χ0) is 15.3. The first-order valence-corrected chi connectivity index (χ1v) is 7.90. The fraction of sp³-hybridized carbons (Fsp3) is 0.462. The van der Waals surface area contributed by atoms with E-state index in [1.807, 2.05) is 6.92 Å². The third kappa shape index (κ3) is 4.03. The maximum Gasteiger partial charge on any atom is 0.241 e. The second-order valence-corrected chi connectivity index (χ2v) is 6.46. The van der Waals surface area contributed by atoms with Crippen molar-refractivity contribution in [2.45, 2.75) is 37.6 Å². The number of rotatable bonds is 6. The molecule has 1 amide bonds. The van der Waals surface area contributed by atoms with Crippen LogP contribution in [0.15, 0.2) is 23.1 Å². The fourth-order valence-corrected chi connectivity index (χ4v) is 2.44. The molecule has 0 radical (unpaired) electrons. The van der Waals surface area contributed by atoms with E-state index in [2.05, 4.69) is 10.0 Å². The maximum absolute atomic E-state index is 11.9. The van der Waals surface area contributed by atoms with Crippen molar-refractivity contribution in [1.29, 1.82) is 0 Å². The molecule has 0 heterocycles. The maximum atomic E-state index is 11.9. The fourth-order valence-electron chi connectivity index (χ4n) is 1.69. The van der Waals surface area contributed by atoms with Crippen LogP contribution in [-0.4, -0.2) is 27.4 Å². The van der Waals surface area contributed by atoms with Crippen molar-refractivity contribution < 1.29 is 13.2 Å². The molecule has 20 heavy (non-hydrogen) atoms. The van der Waals surface area contributed by atoms with Gasteiger partial charge < -0.3 is 11.1 Å². The Bertz CT molecular complexity index is 585. The molecule has 7 heteroatoms. The third-order valence-electron chi connectivity index (χ3n) is 2.98. The molecule has 4 N–H and O–H groups in total. The Kier molecular flexibility index (Phi) is 5.67. The quantitative estimate of drug-likeness (QED) is 0.728. The van der Waals surface area contributed by atoms with Crippen LogP contribution < -0.4 is 15.8 Å². The van der Waals surface area contributed by atoms with E-state index in [4.69, 9.17) is 5.73 Å². The number of nitrogens with two attached hydrogens (primary N) is 1. The van der Waals surface area contributed by atoms with Gasteiger partial charge in [-0.25, -0.2) is 13.1 Å². The van der Waals surface area contributed by atoms with Gasteiger partial charge in [-0.05, 0) is 38.1 Å². The highest BCUT2D eigenvalue weighted by molar-refractivity contribution is 7.89. The van der Waals surface area contributed by atoms with Crippen molar-refractivity contribution >= 4 is 21.6 Å². The summed E-state index contributed by atoms with van der Waals surface area (Å²) in [7, 11) is -2.20.